The Hall–Kier alpha value is -2.07. The van der Waals surface area contributed by atoms with E-state index in [1.807, 2.05) is 18.2 Å². The second-order valence-corrected chi connectivity index (χ2v) is 7.18. The van der Waals surface area contributed by atoms with Crippen molar-refractivity contribution in [2.24, 2.45) is 5.92 Å². The lowest BCUT2D eigenvalue weighted by molar-refractivity contribution is 0.0674. The molecule has 2 unspecified atom stereocenters. The molecular weight excluding hydrogens is 320 g/mol. The highest BCUT2D eigenvalue weighted by Gasteiger charge is 2.43. The average molecular weight is 341 g/mol. The van der Waals surface area contributed by atoms with E-state index in [-0.39, 0.29) is 17.3 Å². The molecule has 2 aromatic carbocycles. The van der Waals surface area contributed by atoms with Crippen LogP contribution in [0.1, 0.15) is 41.6 Å². The van der Waals surface area contributed by atoms with Gasteiger partial charge < -0.3 is 0 Å². The molecule has 2 aliphatic heterocycles. The molecule has 2 bridgehead atoms. The second kappa shape index (κ2) is 6.68. The van der Waals surface area contributed by atoms with Crippen LogP contribution < -0.4 is 0 Å². The molecule has 4 heteroatoms. The fraction of sp³-hybridized carbons (Fsp3) is 0.381. The Morgan fingerprint density at radius 2 is 1.64 bits per heavy atom. The van der Waals surface area contributed by atoms with E-state index < -0.39 is 11.6 Å². The van der Waals surface area contributed by atoms with Crippen LogP contribution in [-0.4, -0.2) is 22.8 Å². The normalized spacial score (nSPS) is 25.9. The van der Waals surface area contributed by atoms with Gasteiger partial charge in [-0.15, -0.1) is 0 Å². The summed E-state index contributed by atoms with van der Waals surface area (Å²) in [5, 5.41) is 0. The van der Waals surface area contributed by atoms with E-state index in [0.717, 1.165) is 38.3 Å². The first-order valence-corrected chi connectivity index (χ1v) is 8.91. The number of Topliss-reactive ketones (excluding diaryl/α,β-unsaturated/α-hetero) is 1. The molecule has 2 aromatic rings. The molecule has 130 valence electrons. The number of hydrogen-bond donors (Lipinski definition) is 0. The summed E-state index contributed by atoms with van der Waals surface area (Å²) in [6.45, 7) is 0.894. The number of ketones is 1. The maximum absolute atomic E-state index is 14.0. The summed E-state index contributed by atoms with van der Waals surface area (Å²) < 4.78 is 27.4. The average Bonchev–Trinajstić information content (AvgIpc) is 2.86. The number of piperidine rings is 1. The van der Waals surface area contributed by atoms with Crippen molar-refractivity contribution < 1.29 is 13.6 Å². The first-order valence-electron chi connectivity index (χ1n) is 8.91. The van der Waals surface area contributed by atoms with Gasteiger partial charge in [0.15, 0.2) is 17.4 Å². The maximum Gasteiger partial charge on any atom is 0.169 e. The van der Waals surface area contributed by atoms with Gasteiger partial charge in [-0.25, -0.2) is 8.78 Å². The molecule has 25 heavy (non-hydrogen) atoms. The number of fused-ring (bicyclic) bond motifs is 2. The summed E-state index contributed by atoms with van der Waals surface area (Å²) in [6.07, 6.45) is 3.62. The molecule has 2 heterocycles. The number of halogens is 2. The van der Waals surface area contributed by atoms with Crippen molar-refractivity contribution in [1.82, 2.24) is 4.90 Å². The Kier molecular flexibility index (Phi) is 4.38. The summed E-state index contributed by atoms with van der Waals surface area (Å²) >= 11 is 0. The Morgan fingerprint density at radius 1 is 0.960 bits per heavy atom. The second-order valence-electron chi connectivity index (χ2n) is 7.18. The monoisotopic (exact) mass is 341 g/mol. The minimum atomic E-state index is -1.01. The molecule has 0 N–H and O–H groups in total. The molecule has 2 atom stereocenters. The standard InChI is InChI=1S/C21H21F2NO/c22-19-8-4-7-18(20(19)23)21(25)15-11-16-9-10-17(12-15)24(16)13-14-5-2-1-3-6-14/h1-8,15-17H,9-13H2. The molecule has 0 radical (unpaired) electrons. The third-order valence-corrected chi connectivity index (χ3v) is 5.68. The van der Waals surface area contributed by atoms with E-state index in [9.17, 15) is 13.6 Å². The predicted octanol–water partition coefficient (Wildman–Crippen LogP) is 4.59. The van der Waals surface area contributed by atoms with Gasteiger partial charge in [0.2, 0.25) is 0 Å². The SMILES string of the molecule is O=C(c1cccc(F)c1F)C1CC2CCC(C1)N2Cc1ccccc1. The highest BCUT2D eigenvalue weighted by molar-refractivity contribution is 5.98. The fourth-order valence-corrected chi connectivity index (χ4v) is 4.45. The van der Waals surface area contributed by atoms with Crippen LogP contribution in [-0.2, 0) is 6.54 Å². The number of nitrogens with zero attached hydrogens (tertiary/aromatic N) is 1. The first kappa shape index (κ1) is 16.4. The molecule has 2 saturated heterocycles. The highest BCUT2D eigenvalue weighted by atomic mass is 19.2. The molecule has 2 aliphatic rings. The molecular formula is C21H21F2NO. The minimum absolute atomic E-state index is 0.0964. The van der Waals surface area contributed by atoms with Gasteiger partial charge in [0.05, 0.1) is 5.56 Å². The van der Waals surface area contributed by atoms with Gasteiger partial charge in [-0.3, -0.25) is 9.69 Å². The van der Waals surface area contributed by atoms with Crippen molar-refractivity contribution in [2.75, 3.05) is 0 Å². The van der Waals surface area contributed by atoms with E-state index in [0.29, 0.717) is 12.1 Å². The van der Waals surface area contributed by atoms with Gasteiger partial charge >= 0.3 is 0 Å². The van der Waals surface area contributed by atoms with Crippen LogP contribution in [0.4, 0.5) is 8.78 Å². The summed E-state index contributed by atoms with van der Waals surface area (Å²) in [7, 11) is 0. The van der Waals surface area contributed by atoms with Crippen LogP contribution >= 0.6 is 0 Å². The van der Waals surface area contributed by atoms with E-state index in [4.69, 9.17) is 0 Å². The molecule has 0 aliphatic carbocycles. The van der Waals surface area contributed by atoms with Crippen LogP contribution in [0.15, 0.2) is 48.5 Å². The Bertz CT molecular complexity index is 763. The van der Waals surface area contributed by atoms with Gasteiger partial charge in [0.1, 0.15) is 0 Å². The molecule has 0 spiro atoms. The highest BCUT2D eigenvalue weighted by Crippen LogP contribution is 2.40. The number of carbonyl (C=O) groups is 1. The van der Waals surface area contributed by atoms with Crippen molar-refractivity contribution in [3.63, 3.8) is 0 Å². The van der Waals surface area contributed by atoms with Crippen molar-refractivity contribution in [3.05, 3.63) is 71.3 Å². The Morgan fingerprint density at radius 3 is 2.32 bits per heavy atom. The van der Waals surface area contributed by atoms with Crippen LogP contribution in [0.5, 0.6) is 0 Å². The van der Waals surface area contributed by atoms with Gasteiger partial charge in [0.25, 0.3) is 0 Å². The van der Waals surface area contributed by atoms with Gasteiger partial charge in [-0.1, -0.05) is 36.4 Å². The van der Waals surface area contributed by atoms with E-state index in [2.05, 4.69) is 17.0 Å². The zero-order valence-electron chi connectivity index (χ0n) is 14.0. The van der Waals surface area contributed by atoms with Crippen LogP contribution in [0.3, 0.4) is 0 Å². The van der Waals surface area contributed by atoms with Crippen LogP contribution in [0.2, 0.25) is 0 Å². The summed E-state index contributed by atoms with van der Waals surface area (Å²) in [4.78, 5) is 15.2. The molecule has 4 rings (SSSR count). The van der Waals surface area contributed by atoms with Gasteiger partial charge in [0, 0.05) is 24.5 Å². The number of benzene rings is 2. The van der Waals surface area contributed by atoms with Crippen molar-refractivity contribution in [2.45, 2.75) is 44.3 Å². The van der Waals surface area contributed by atoms with Gasteiger partial charge in [-0.2, -0.15) is 0 Å². The fourth-order valence-electron chi connectivity index (χ4n) is 4.45. The molecule has 2 fully saturated rings. The molecule has 0 amide bonds. The van der Waals surface area contributed by atoms with Crippen molar-refractivity contribution in [3.8, 4) is 0 Å². The quantitative estimate of drug-likeness (QED) is 0.758. The maximum atomic E-state index is 14.0. The summed E-state index contributed by atoms with van der Waals surface area (Å²) in [5.41, 5.74) is 1.18. The van der Waals surface area contributed by atoms with E-state index in [1.165, 1.54) is 17.7 Å². The smallest absolute Gasteiger partial charge is 0.169 e. The number of rotatable bonds is 4. The number of hydrogen-bond acceptors (Lipinski definition) is 2. The van der Waals surface area contributed by atoms with Crippen LogP contribution in [0.25, 0.3) is 0 Å². The molecule has 0 saturated carbocycles. The Labute approximate surface area is 146 Å². The molecule has 2 nitrogen and oxygen atoms in total. The van der Waals surface area contributed by atoms with Crippen molar-refractivity contribution in [1.29, 1.82) is 0 Å². The molecule has 0 aromatic heterocycles. The number of carbonyl (C=O) groups excluding carboxylic acids is 1. The lowest BCUT2D eigenvalue weighted by Gasteiger charge is -2.38. The third-order valence-electron chi connectivity index (χ3n) is 5.68. The Balaban J connectivity index is 1.49. The lowest BCUT2D eigenvalue weighted by atomic mass is 9.84. The first-order chi connectivity index (χ1) is 12.1. The summed E-state index contributed by atoms with van der Waals surface area (Å²) in [6, 6.07) is 14.9. The predicted molar refractivity (Wildman–Crippen MR) is 92.2 cm³/mol. The van der Waals surface area contributed by atoms with Crippen molar-refractivity contribution >= 4 is 5.78 Å². The van der Waals surface area contributed by atoms with Gasteiger partial charge in [-0.05, 0) is 43.4 Å². The third kappa shape index (κ3) is 3.11. The largest absolute Gasteiger partial charge is 0.294 e. The van der Waals surface area contributed by atoms with E-state index >= 15 is 0 Å². The minimum Gasteiger partial charge on any atom is -0.294 e. The van der Waals surface area contributed by atoms with Crippen LogP contribution in [0, 0.1) is 17.6 Å². The zero-order valence-corrected chi connectivity index (χ0v) is 14.0. The topological polar surface area (TPSA) is 20.3 Å². The lowest BCUT2D eigenvalue weighted by Crippen LogP contribution is -2.44. The zero-order chi connectivity index (χ0) is 17.4. The summed E-state index contributed by atoms with van der Waals surface area (Å²) in [5.74, 6) is -2.41. The van der Waals surface area contributed by atoms with E-state index in [1.54, 1.807) is 0 Å².